The molecule has 1 aliphatic carbocycles. The molecule has 0 saturated heterocycles. The lowest BCUT2D eigenvalue weighted by atomic mass is 9.87. The molecule has 1 fully saturated rings. The first-order valence-corrected chi connectivity index (χ1v) is 7.22. The Morgan fingerprint density at radius 3 is 2.55 bits per heavy atom. The maximum absolute atomic E-state index is 9.94. The molecule has 20 heavy (non-hydrogen) atoms. The maximum Gasteiger partial charge on any atom is 0.231 e. The molecular formula is C15H21NO4. The summed E-state index contributed by atoms with van der Waals surface area (Å²) in [5, 5.41) is 22.8. The molecule has 1 saturated carbocycles. The Balaban J connectivity index is 1.51. The van der Waals surface area contributed by atoms with Gasteiger partial charge < -0.3 is 25.0 Å². The van der Waals surface area contributed by atoms with Gasteiger partial charge in [0, 0.05) is 18.2 Å². The second-order valence-electron chi connectivity index (χ2n) is 5.64. The zero-order valence-electron chi connectivity index (χ0n) is 11.5. The van der Waals surface area contributed by atoms with E-state index >= 15 is 0 Å². The number of phenols is 1. The highest BCUT2D eigenvalue weighted by atomic mass is 16.7. The topological polar surface area (TPSA) is 71.0 Å². The molecule has 0 aromatic heterocycles. The molecule has 5 nitrogen and oxygen atoms in total. The van der Waals surface area contributed by atoms with Gasteiger partial charge in [0.15, 0.2) is 11.5 Å². The molecule has 3 N–H and O–H groups in total. The van der Waals surface area contributed by atoms with Crippen LogP contribution in [-0.2, 0) is 6.54 Å². The van der Waals surface area contributed by atoms with E-state index in [0.29, 0.717) is 24.0 Å². The molecule has 5 heteroatoms. The van der Waals surface area contributed by atoms with Crippen LogP contribution in [0.25, 0.3) is 0 Å². The van der Waals surface area contributed by atoms with Gasteiger partial charge in [-0.1, -0.05) is 0 Å². The van der Waals surface area contributed by atoms with E-state index in [9.17, 15) is 10.2 Å². The quantitative estimate of drug-likeness (QED) is 0.783. The van der Waals surface area contributed by atoms with Crippen LogP contribution in [0.1, 0.15) is 31.2 Å². The van der Waals surface area contributed by atoms with Gasteiger partial charge >= 0.3 is 0 Å². The van der Waals surface area contributed by atoms with Gasteiger partial charge in [-0.25, -0.2) is 0 Å². The number of phenolic OH excluding ortho intramolecular Hbond substituents is 1. The van der Waals surface area contributed by atoms with Gasteiger partial charge in [-0.3, -0.25) is 0 Å². The molecule has 1 aromatic rings. The van der Waals surface area contributed by atoms with Crippen LogP contribution in [0, 0.1) is 5.92 Å². The summed E-state index contributed by atoms with van der Waals surface area (Å²) >= 11 is 0. The minimum absolute atomic E-state index is 0.107. The first-order valence-electron chi connectivity index (χ1n) is 7.22. The van der Waals surface area contributed by atoms with Crippen molar-refractivity contribution in [1.29, 1.82) is 0 Å². The minimum atomic E-state index is -0.107. The standard InChI is InChI=1S/C15H21NO4/c17-12-3-1-10(2-4-12)7-16-8-11-5-14-15(6-13(11)18)20-9-19-14/h5-6,10,12,16-18H,1-4,7-9H2. The molecule has 1 aliphatic heterocycles. The van der Waals surface area contributed by atoms with E-state index in [0.717, 1.165) is 37.8 Å². The summed E-state index contributed by atoms with van der Waals surface area (Å²) < 4.78 is 10.5. The highest BCUT2D eigenvalue weighted by Crippen LogP contribution is 2.37. The molecule has 0 radical (unpaired) electrons. The number of aliphatic hydroxyl groups is 1. The third-order valence-electron chi connectivity index (χ3n) is 4.14. The van der Waals surface area contributed by atoms with Crippen LogP contribution >= 0.6 is 0 Å². The second-order valence-corrected chi connectivity index (χ2v) is 5.64. The molecule has 0 bridgehead atoms. The second kappa shape index (κ2) is 5.89. The number of nitrogens with one attached hydrogen (secondary N) is 1. The number of fused-ring (bicyclic) bond motifs is 1. The third-order valence-corrected chi connectivity index (χ3v) is 4.14. The van der Waals surface area contributed by atoms with Crippen LogP contribution in [0.5, 0.6) is 17.2 Å². The van der Waals surface area contributed by atoms with Gasteiger partial charge in [0.05, 0.1) is 6.10 Å². The predicted octanol–water partition coefficient (Wildman–Crippen LogP) is 1.76. The summed E-state index contributed by atoms with van der Waals surface area (Å²) in [6, 6.07) is 3.44. The van der Waals surface area contributed by atoms with Crippen LogP contribution < -0.4 is 14.8 Å². The van der Waals surface area contributed by atoms with E-state index < -0.39 is 0 Å². The van der Waals surface area contributed by atoms with Crippen molar-refractivity contribution in [2.45, 2.75) is 38.3 Å². The molecule has 0 unspecified atom stereocenters. The lowest BCUT2D eigenvalue weighted by Crippen LogP contribution is -2.27. The van der Waals surface area contributed by atoms with Crippen LogP contribution in [0.3, 0.4) is 0 Å². The van der Waals surface area contributed by atoms with Crippen LogP contribution in [-0.4, -0.2) is 29.7 Å². The van der Waals surface area contributed by atoms with Crippen molar-refractivity contribution in [3.8, 4) is 17.2 Å². The number of aromatic hydroxyl groups is 1. The Morgan fingerprint density at radius 1 is 1.10 bits per heavy atom. The summed E-state index contributed by atoms with van der Waals surface area (Å²) in [6.45, 7) is 1.75. The van der Waals surface area contributed by atoms with Gasteiger partial charge in [-0.05, 0) is 44.2 Å². The average Bonchev–Trinajstić information content (AvgIpc) is 2.88. The molecule has 1 aromatic carbocycles. The Morgan fingerprint density at radius 2 is 1.80 bits per heavy atom. The van der Waals surface area contributed by atoms with E-state index in [-0.39, 0.29) is 18.6 Å². The average molecular weight is 279 g/mol. The number of hydrogen-bond acceptors (Lipinski definition) is 5. The SMILES string of the molecule is Oc1cc2c(cc1CNCC1CCC(O)CC1)OCO2. The van der Waals surface area contributed by atoms with Crippen molar-refractivity contribution >= 4 is 0 Å². The van der Waals surface area contributed by atoms with Crippen molar-refractivity contribution in [3.05, 3.63) is 17.7 Å². The normalized spacial score (nSPS) is 24.9. The first-order chi connectivity index (χ1) is 9.72. The summed E-state index contributed by atoms with van der Waals surface area (Å²) in [6.07, 6.45) is 3.84. The Labute approximate surface area is 118 Å². The van der Waals surface area contributed by atoms with Crippen LogP contribution in [0.2, 0.25) is 0 Å². The summed E-state index contributed by atoms with van der Waals surface area (Å²) in [5.74, 6) is 2.16. The maximum atomic E-state index is 9.94. The number of aliphatic hydroxyl groups excluding tert-OH is 1. The van der Waals surface area contributed by atoms with Gasteiger partial charge in [-0.15, -0.1) is 0 Å². The number of ether oxygens (including phenoxy) is 2. The van der Waals surface area contributed by atoms with E-state index in [2.05, 4.69) is 5.32 Å². The number of benzene rings is 1. The highest BCUT2D eigenvalue weighted by molar-refractivity contribution is 5.51. The number of hydrogen-bond donors (Lipinski definition) is 3. The summed E-state index contributed by atoms with van der Waals surface area (Å²) in [4.78, 5) is 0. The first kappa shape index (κ1) is 13.5. The lowest BCUT2D eigenvalue weighted by Gasteiger charge is -2.25. The molecule has 1 heterocycles. The fraction of sp³-hybridized carbons (Fsp3) is 0.600. The van der Waals surface area contributed by atoms with Crippen molar-refractivity contribution in [2.24, 2.45) is 5.92 Å². The summed E-state index contributed by atoms with van der Waals surface area (Å²) in [7, 11) is 0. The van der Waals surface area contributed by atoms with Crippen molar-refractivity contribution in [3.63, 3.8) is 0 Å². The van der Waals surface area contributed by atoms with Gasteiger partial charge in [0.1, 0.15) is 5.75 Å². The van der Waals surface area contributed by atoms with Gasteiger partial charge in [-0.2, -0.15) is 0 Å². The van der Waals surface area contributed by atoms with Crippen LogP contribution in [0.15, 0.2) is 12.1 Å². The highest BCUT2D eigenvalue weighted by Gasteiger charge is 2.20. The zero-order valence-corrected chi connectivity index (χ0v) is 11.5. The largest absolute Gasteiger partial charge is 0.507 e. The fourth-order valence-corrected chi connectivity index (χ4v) is 2.87. The Hall–Kier alpha value is -1.46. The minimum Gasteiger partial charge on any atom is -0.507 e. The van der Waals surface area contributed by atoms with Crippen LogP contribution in [0.4, 0.5) is 0 Å². The van der Waals surface area contributed by atoms with Gasteiger partial charge in [0.25, 0.3) is 0 Å². The van der Waals surface area contributed by atoms with E-state index in [1.54, 1.807) is 6.07 Å². The monoisotopic (exact) mass is 279 g/mol. The molecule has 0 atom stereocenters. The molecule has 0 amide bonds. The zero-order chi connectivity index (χ0) is 13.9. The molecule has 2 aliphatic rings. The van der Waals surface area contributed by atoms with Crippen molar-refractivity contribution in [1.82, 2.24) is 5.32 Å². The molecule has 0 spiro atoms. The van der Waals surface area contributed by atoms with Crippen molar-refractivity contribution < 1.29 is 19.7 Å². The fourth-order valence-electron chi connectivity index (χ4n) is 2.87. The predicted molar refractivity (Wildman–Crippen MR) is 73.9 cm³/mol. The van der Waals surface area contributed by atoms with Crippen molar-refractivity contribution in [2.75, 3.05) is 13.3 Å². The smallest absolute Gasteiger partial charge is 0.231 e. The third kappa shape index (κ3) is 2.99. The van der Waals surface area contributed by atoms with E-state index in [4.69, 9.17) is 9.47 Å². The molecule has 3 rings (SSSR count). The Bertz CT molecular complexity index is 469. The summed E-state index contributed by atoms with van der Waals surface area (Å²) in [5.41, 5.74) is 0.824. The van der Waals surface area contributed by atoms with E-state index in [1.165, 1.54) is 0 Å². The Kier molecular flexibility index (Phi) is 3.98. The lowest BCUT2D eigenvalue weighted by molar-refractivity contribution is 0.108. The molecular weight excluding hydrogens is 258 g/mol. The van der Waals surface area contributed by atoms with E-state index in [1.807, 2.05) is 6.07 Å². The van der Waals surface area contributed by atoms with Gasteiger partial charge in [0.2, 0.25) is 6.79 Å². The molecule has 110 valence electrons. The number of rotatable bonds is 4.